The molecular formula is C13H16IN3O2. The maximum atomic E-state index is 6.02. The predicted molar refractivity (Wildman–Crippen MR) is 82.7 cm³/mol. The molecular weight excluding hydrogens is 357 g/mol. The van der Waals surface area contributed by atoms with Gasteiger partial charge in [-0.1, -0.05) is 0 Å². The molecule has 5 nitrogen and oxygen atoms in total. The Labute approximate surface area is 125 Å². The van der Waals surface area contributed by atoms with E-state index < -0.39 is 0 Å². The molecule has 1 aromatic heterocycles. The standard InChI is InChI=1S/C13H16IN3O2/c1-8(17-13(15)11(14)7-16-17)10-5-4-9(18-2)6-12(10)19-3/h4-8H,15H2,1-3H3. The van der Waals surface area contributed by atoms with Crippen LogP contribution in [0.5, 0.6) is 11.5 Å². The second kappa shape index (κ2) is 5.68. The second-order valence-electron chi connectivity index (χ2n) is 4.11. The van der Waals surface area contributed by atoms with E-state index in [9.17, 15) is 0 Å². The van der Waals surface area contributed by atoms with Gasteiger partial charge >= 0.3 is 0 Å². The van der Waals surface area contributed by atoms with Gasteiger partial charge in [-0.15, -0.1) is 0 Å². The Kier molecular flexibility index (Phi) is 4.18. The van der Waals surface area contributed by atoms with Gasteiger partial charge in [0.1, 0.15) is 17.3 Å². The third-order valence-electron chi connectivity index (χ3n) is 3.04. The average molecular weight is 373 g/mol. The van der Waals surface area contributed by atoms with Crippen LogP contribution in [-0.2, 0) is 0 Å². The highest BCUT2D eigenvalue weighted by atomic mass is 127. The summed E-state index contributed by atoms with van der Waals surface area (Å²) in [6.07, 6.45) is 1.75. The zero-order valence-corrected chi connectivity index (χ0v) is 13.2. The van der Waals surface area contributed by atoms with Crippen molar-refractivity contribution in [3.8, 4) is 11.5 Å². The molecule has 0 aliphatic rings. The summed E-state index contributed by atoms with van der Waals surface area (Å²) in [6, 6.07) is 5.72. The van der Waals surface area contributed by atoms with E-state index in [0.717, 1.165) is 20.6 Å². The van der Waals surface area contributed by atoms with Crippen LogP contribution in [0.15, 0.2) is 24.4 Å². The van der Waals surface area contributed by atoms with Crippen molar-refractivity contribution >= 4 is 28.4 Å². The Hall–Kier alpha value is -1.44. The Morgan fingerprint density at radius 1 is 1.32 bits per heavy atom. The van der Waals surface area contributed by atoms with Crippen molar-refractivity contribution in [2.24, 2.45) is 0 Å². The molecule has 2 rings (SSSR count). The number of halogens is 1. The van der Waals surface area contributed by atoms with E-state index in [1.165, 1.54) is 0 Å². The first-order chi connectivity index (χ1) is 9.08. The van der Waals surface area contributed by atoms with Gasteiger partial charge in [-0.3, -0.25) is 0 Å². The van der Waals surface area contributed by atoms with Gasteiger partial charge < -0.3 is 15.2 Å². The Bertz CT molecular complexity index is 583. The van der Waals surface area contributed by atoms with Crippen molar-refractivity contribution in [2.75, 3.05) is 20.0 Å². The normalized spacial score (nSPS) is 12.2. The first kappa shape index (κ1) is 14.0. The lowest BCUT2D eigenvalue weighted by Crippen LogP contribution is -2.12. The summed E-state index contributed by atoms with van der Waals surface area (Å²) in [5.74, 6) is 2.18. The zero-order valence-electron chi connectivity index (χ0n) is 11.1. The number of methoxy groups -OCH3 is 2. The number of ether oxygens (including phenoxy) is 2. The molecule has 6 heteroatoms. The predicted octanol–water partition coefficient (Wildman–Crippen LogP) is 2.70. The monoisotopic (exact) mass is 373 g/mol. The molecule has 102 valence electrons. The number of anilines is 1. The first-order valence-electron chi connectivity index (χ1n) is 5.79. The summed E-state index contributed by atoms with van der Waals surface area (Å²) in [5.41, 5.74) is 7.02. The van der Waals surface area contributed by atoms with E-state index >= 15 is 0 Å². The first-order valence-corrected chi connectivity index (χ1v) is 6.86. The molecule has 0 spiro atoms. The number of nitrogens with two attached hydrogens (primary N) is 1. The number of aromatic nitrogens is 2. The summed E-state index contributed by atoms with van der Waals surface area (Å²) in [7, 11) is 3.27. The molecule has 0 radical (unpaired) electrons. The van der Waals surface area contributed by atoms with Crippen LogP contribution in [0.4, 0.5) is 5.82 Å². The van der Waals surface area contributed by atoms with Crippen LogP contribution in [0, 0.1) is 3.57 Å². The zero-order chi connectivity index (χ0) is 14.0. The van der Waals surface area contributed by atoms with Crippen LogP contribution in [0.3, 0.4) is 0 Å². The highest BCUT2D eigenvalue weighted by Crippen LogP contribution is 2.32. The van der Waals surface area contributed by atoms with Crippen molar-refractivity contribution in [1.29, 1.82) is 0 Å². The van der Waals surface area contributed by atoms with Crippen molar-refractivity contribution in [2.45, 2.75) is 13.0 Å². The fourth-order valence-electron chi connectivity index (χ4n) is 1.95. The maximum absolute atomic E-state index is 6.02. The van der Waals surface area contributed by atoms with Crippen molar-refractivity contribution in [3.05, 3.63) is 33.5 Å². The van der Waals surface area contributed by atoms with Crippen molar-refractivity contribution in [3.63, 3.8) is 0 Å². The van der Waals surface area contributed by atoms with E-state index in [2.05, 4.69) is 27.7 Å². The summed E-state index contributed by atoms with van der Waals surface area (Å²) >= 11 is 2.17. The van der Waals surface area contributed by atoms with Gasteiger partial charge in [0.05, 0.1) is 30.0 Å². The molecule has 0 amide bonds. The molecule has 1 heterocycles. The number of rotatable bonds is 4. The van der Waals surface area contributed by atoms with E-state index in [-0.39, 0.29) is 6.04 Å². The lowest BCUT2D eigenvalue weighted by Gasteiger charge is -2.18. The molecule has 0 bridgehead atoms. The van der Waals surface area contributed by atoms with Gasteiger partial charge in [0.2, 0.25) is 0 Å². The molecule has 0 saturated carbocycles. The largest absolute Gasteiger partial charge is 0.497 e. The summed E-state index contributed by atoms with van der Waals surface area (Å²) in [6.45, 7) is 2.03. The Morgan fingerprint density at radius 2 is 2.05 bits per heavy atom. The van der Waals surface area contributed by atoms with Gasteiger partial charge in [-0.25, -0.2) is 4.68 Å². The van der Waals surface area contributed by atoms with Crippen LogP contribution in [0.1, 0.15) is 18.5 Å². The second-order valence-corrected chi connectivity index (χ2v) is 5.27. The Balaban J connectivity index is 2.43. The van der Waals surface area contributed by atoms with E-state index in [1.54, 1.807) is 25.1 Å². The van der Waals surface area contributed by atoms with Gasteiger partial charge in [0.15, 0.2) is 0 Å². The third-order valence-corrected chi connectivity index (χ3v) is 3.88. The number of hydrogen-bond donors (Lipinski definition) is 1. The van der Waals surface area contributed by atoms with Gasteiger partial charge in [0, 0.05) is 11.6 Å². The number of nitrogen functional groups attached to an aromatic ring is 1. The van der Waals surface area contributed by atoms with E-state index in [4.69, 9.17) is 15.2 Å². The Morgan fingerprint density at radius 3 is 2.58 bits per heavy atom. The van der Waals surface area contributed by atoms with Gasteiger partial charge in [-0.05, 0) is 41.6 Å². The molecule has 19 heavy (non-hydrogen) atoms. The molecule has 2 N–H and O–H groups in total. The highest BCUT2D eigenvalue weighted by molar-refractivity contribution is 14.1. The SMILES string of the molecule is COc1ccc(C(C)n2ncc(I)c2N)c(OC)c1. The van der Waals surface area contributed by atoms with Crippen molar-refractivity contribution in [1.82, 2.24) is 9.78 Å². The van der Waals surface area contributed by atoms with Crippen LogP contribution in [0.25, 0.3) is 0 Å². The molecule has 2 aromatic rings. The summed E-state index contributed by atoms with van der Waals surface area (Å²) in [5, 5.41) is 4.31. The van der Waals surface area contributed by atoms with Crippen LogP contribution >= 0.6 is 22.6 Å². The average Bonchev–Trinajstić information content (AvgIpc) is 2.77. The maximum Gasteiger partial charge on any atom is 0.135 e. The van der Waals surface area contributed by atoms with Crippen LogP contribution in [0.2, 0.25) is 0 Å². The fraction of sp³-hybridized carbons (Fsp3) is 0.308. The van der Waals surface area contributed by atoms with Crippen LogP contribution in [-0.4, -0.2) is 24.0 Å². The molecule has 0 fully saturated rings. The summed E-state index contributed by atoms with van der Waals surface area (Å²) < 4.78 is 13.3. The minimum Gasteiger partial charge on any atom is -0.497 e. The molecule has 0 saturated heterocycles. The number of benzene rings is 1. The lowest BCUT2D eigenvalue weighted by atomic mass is 10.1. The van der Waals surface area contributed by atoms with Gasteiger partial charge in [0.25, 0.3) is 0 Å². The highest BCUT2D eigenvalue weighted by Gasteiger charge is 2.17. The third kappa shape index (κ3) is 2.63. The van der Waals surface area contributed by atoms with Crippen LogP contribution < -0.4 is 15.2 Å². The fourth-order valence-corrected chi connectivity index (χ4v) is 2.33. The topological polar surface area (TPSA) is 62.3 Å². The molecule has 1 atom stereocenters. The molecule has 0 aliphatic heterocycles. The van der Waals surface area contributed by atoms with E-state index in [0.29, 0.717) is 5.82 Å². The smallest absolute Gasteiger partial charge is 0.135 e. The minimum atomic E-state index is -0.00984. The molecule has 1 aromatic carbocycles. The minimum absolute atomic E-state index is 0.00984. The van der Waals surface area contributed by atoms with E-state index in [1.807, 2.05) is 25.1 Å². The molecule has 1 unspecified atom stereocenters. The molecule has 0 aliphatic carbocycles. The number of hydrogen-bond acceptors (Lipinski definition) is 4. The van der Waals surface area contributed by atoms with Gasteiger partial charge in [-0.2, -0.15) is 5.10 Å². The lowest BCUT2D eigenvalue weighted by molar-refractivity contribution is 0.385. The summed E-state index contributed by atoms with van der Waals surface area (Å²) in [4.78, 5) is 0. The quantitative estimate of drug-likeness (QED) is 0.838. The van der Waals surface area contributed by atoms with Crippen molar-refractivity contribution < 1.29 is 9.47 Å². The number of nitrogens with zero attached hydrogens (tertiary/aromatic N) is 2.